The van der Waals surface area contributed by atoms with E-state index in [1.807, 2.05) is 39.1 Å². The minimum absolute atomic E-state index is 0.0358. The molecule has 2 N–H and O–H groups in total. The normalized spacial score (nSPS) is 11.3. The van der Waals surface area contributed by atoms with E-state index in [0.29, 0.717) is 67.0 Å². The zero-order chi connectivity index (χ0) is 44.6. The molecule has 4 aromatic heterocycles. The second-order valence-corrected chi connectivity index (χ2v) is 13.3. The Morgan fingerprint density at radius 3 is 1.61 bits per heavy atom. The Morgan fingerprint density at radius 2 is 1.21 bits per heavy atom. The Labute approximate surface area is 347 Å². The van der Waals surface area contributed by atoms with E-state index in [1.165, 1.54) is 29.2 Å². The fourth-order valence-electron chi connectivity index (χ4n) is 5.90. The summed E-state index contributed by atoms with van der Waals surface area (Å²) in [4.78, 5) is 32.4. The number of anilines is 2. The molecule has 13 nitrogen and oxygen atoms in total. The number of aliphatic carboxylic acids is 1. The number of nitrogens with zero attached hydrogens (tertiary/aromatic N) is 5. The highest BCUT2D eigenvalue weighted by atomic mass is 19.4. The molecule has 328 valence electrons. The smallest absolute Gasteiger partial charge is 0.437 e. The van der Waals surface area contributed by atoms with E-state index in [2.05, 4.69) is 25.6 Å². The van der Waals surface area contributed by atoms with Crippen molar-refractivity contribution in [2.45, 2.75) is 77.6 Å². The number of benzene rings is 2. The van der Waals surface area contributed by atoms with Gasteiger partial charge in [0.2, 0.25) is 5.91 Å². The van der Waals surface area contributed by atoms with Gasteiger partial charge in [0, 0.05) is 50.5 Å². The lowest BCUT2D eigenvalue weighted by atomic mass is 10.0. The van der Waals surface area contributed by atoms with Gasteiger partial charge in [-0.15, -0.1) is 0 Å². The van der Waals surface area contributed by atoms with Gasteiger partial charge in [-0.05, 0) is 74.2 Å². The summed E-state index contributed by atoms with van der Waals surface area (Å²) in [7, 11) is 3.50. The highest BCUT2D eigenvalue weighted by Crippen LogP contribution is 2.39. The van der Waals surface area contributed by atoms with Crippen LogP contribution in [0.2, 0.25) is 0 Å². The number of alkyl halides is 6. The van der Waals surface area contributed by atoms with Gasteiger partial charge in [-0.25, -0.2) is 9.97 Å². The van der Waals surface area contributed by atoms with Crippen molar-refractivity contribution < 1.29 is 59.6 Å². The summed E-state index contributed by atoms with van der Waals surface area (Å²) in [6.07, 6.45) is -2.49. The molecule has 2 aromatic carbocycles. The topological polar surface area (TPSA) is 166 Å². The maximum atomic E-state index is 13.1. The number of ether oxygens (including phenoxy) is 2. The number of fused-ring (bicyclic) bond motifs is 2. The molecule has 0 saturated heterocycles. The molecular weight excluding hydrogens is 814 g/mol. The minimum atomic E-state index is -4.59. The van der Waals surface area contributed by atoms with Gasteiger partial charge in [-0.3, -0.25) is 14.5 Å². The Hall–Kier alpha value is -6.40. The predicted molar refractivity (Wildman–Crippen MR) is 215 cm³/mol. The lowest BCUT2D eigenvalue weighted by Gasteiger charge is -2.16. The van der Waals surface area contributed by atoms with E-state index in [0.717, 1.165) is 5.82 Å². The van der Waals surface area contributed by atoms with Crippen molar-refractivity contribution >= 4 is 45.5 Å². The summed E-state index contributed by atoms with van der Waals surface area (Å²) in [5.41, 5.74) is -0.868. The molecule has 0 bridgehead atoms. The molecule has 0 atom stereocenters. The molecule has 0 unspecified atom stereocenters. The van der Waals surface area contributed by atoms with Gasteiger partial charge in [0.15, 0.2) is 22.6 Å². The third-order valence-electron chi connectivity index (χ3n) is 8.81. The van der Waals surface area contributed by atoms with E-state index in [9.17, 15) is 35.9 Å². The molecule has 0 aliphatic carbocycles. The number of nitrogens with one attached hydrogen (secondary N) is 1. The second-order valence-electron chi connectivity index (χ2n) is 13.3. The summed E-state index contributed by atoms with van der Waals surface area (Å²) in [6.45, 7) is 4.20. The van der Waals surface area contributed by atoms with Crippen LogP contribution < -0.4 is 19.7 Å². The van der Waals surface area contributed by atoms with Crippen LogP contribution in [-0.2, 0) is 34.8 Å². The van der Waals surface area contributed by atoms with Crippen LogP contribution in [0, 0.1) is 0 Å². The van der Waals surface area contributed by atoms with Crippen molar-refractivity contribution in [3.8, 4) is 11.5 Å². The number of carboxylic acids is 1. The summed E-state index contributed by atoms with van der Waals surface area (Å²) >= 11 is 0. The number of pyridine rings is 2. The molecule has 19 heteroatoms. The Kier molecular flexibility index (Phi) is 17.3. The lowest BCUT2D eigenvalue weighted by Crippen LogP contribution is -2.27. The van der Waals surface area contributed by atoms with Crippen molar-refractivity contribution in [2.24, 2.45) is 0 Å². The first-order chi connectivity index (χ1) is 29.1. The summed E-state index contributed by atoms with van der Waals surface area (Å²) in [5.74, 6) is 1.28. The minimum Gasteiger partial charge on any atom is -0.493 e. The van der Waals surface area contributed by atoms with Crippen LogP contribution in [0.4, 0.5) is 38.0 Å². The van der Waals surface area contributed by atoms with E-state index in [4.69, 9.17) is 23.6 Å². The number of aromatic nitrogens is 4. The molecule has 1 amide bonds. The van der Waals surface area contributed by atoms with Crippen molar-refractivity contribution in [1.29, 1.82) is 0 Å². The molecule has 0 spiro atoms. The average Bonchev–Trinajstić information content (AvgIpc) is 3.89. The summed E-state index contributed by atoms with van der Waals surface area (Å²) < 4.78 is 99.1. The Balaban J connectivity index is 0.000000232. The molecule has 4 heterocycles. The Morgan fingerprint density at radius 1 is 0.721 bits per heavy atom. The summed E-state index contributed by atoms with van der Waals surface area (Å²) in [6, 6.07) is 16.6. The van der Waals surface area contributed by atoms with Crippen LogP contribution in [0.25, 0.3) is 21.9 Å². The van der Waals surface area contributed by atoms with Gasteiger partial charge in [0.25, 0.3) is 0 Å². The molecule has 6 aromatic rings. The maximum Gasteiger partial charge on any atom is 0.437 e. The molecule has 0 radical (unpaired) electrons. The van der Waals surface area contributed by atoms with Crippen molar-refractivity contribution in [1.82, 2.24) is 20.3 Å². The number of aryl methyl sites for hydroxylation is 2. The van der Waals surface area contributed by atoms with Crippen LogP contribution in [-0.4, -0.2) is 64.6 Å². The number of hydrogen-bond acceptors (Lipinski definition) is 11. The van der Waals surface area contributed by atoms with Gasteiger partial charge in [0.05, 0.1) is 24.0 Å². The number of carboxylic acid groups (broad SMARTS) is 1. The lowest BCUT2D eigenvalue weighted by molar-refractivity contribution is -0.142. The SMILES string of the molecule is CCCc1c(OCCCC(=O)N(C)c2ccccn2)ccc2c(C(F)(F)F)noc12.CCCc1c(OCCCC(=O)O)ccc2c(C(F)(F)F)noc12.CNc1ccccn1. The van der Waals surface area contributed by atoms with Crippen LogP contribution in [0.15, 0.2) is 82.1 Å². The van der Waals surface area contributed by atoms with Gasteiger partial charge < -0.3 is 28.9 Å². The molecule has 6 rings (SSSR count). The maximum absolute atomic E-state index is 13.1. The molecule has 0 aliphatic rings. The van der Waals surface area contributed by atoms with Crippen LogP contribution in [0.1, 0.15) is 74.9 Å². The van der Waals surface area contributed by atoms with E-state index in [-0.39, 0.29) is 53.9 Å². The van der Waals surface area contributed by atoms with Gasteiger partial charge in [-0.2, -0.15) is 26.3 Å². The largest absolute Gasteiger partial charge is 0.493 e. The van der Waals surface area contributed by atoms with Crippen molar-refractivity contribution in [2.75, 3.05) is 37.5 Å². The predicted octanol–water partition coefficient (Wildman–Crippen LogP) is 10.2. The van der Waals surface area contributed by atoms with Crippen LogP contribution >= 0.6 is 0 Å². The van der Waals surface area contributed by atoms with Gasteiger partial charge in [0.1, 0.15) is 23.1 Å². The van der Waals surface area contributed by atoms with E-state index < -0.39 is 29.7 Å². The number of rotatable bonds is 16. The van der Waals surface area contributed by atoms with Crippen molar-refractivity contribution in [3.05, 3.63) is 95.6 Å². The van der Waals surface area contributed by atoms with Gasteiger partial charge >= 0.3 is 18.3 Å². The van der Waals surface area contributed by atoms with Crippen molar-refractivity contribution in [3.63, 3.8) is 0 Å². The first-order valence-electron chi connectivity index (χ1n) is 19.3. The third kappa shape index (κ3) is 13.3. The van der Waals surface area contributed by atoms with E-state index >= 15 is 0 Å². The number of halogens is 6. The average molecular weight is 861 g/mol. The molecule has 61 heavy (non-hydrogen) atoms. The Bertz CT molecular complexity index is 2300. The first kappa shape index (κ1) is 47.3. The summed E-state index contributed by atoms with van der Waals surface area (Å²) in [5, 5.41) is 17.7. The fraction of sp³-hybridized carbons (Fsp3) is 0.381. The zero-order valence-electron chi connectivity index (χ0n) is 33.9. The first-order valence-corrected chi connectivity index (χ1v) is 19.3. The highest BCUT2D eigenvalue weighted by Gasteiger charge is 2.38. The van der Waals surface area contributed by atoms with Crippen LogP contribution in [0.5, 0.6) is 11.5 Å². The zero-order valence-corrected chi connectivity index (χ0v) is 33.9. The molecule has 0 saturated carbocycles. The van der Waals surface area contributed by atoms with Crippen LogP contribution in [0.3, 0.4) is 0 Å². The standard InChI is InChI=1S/C21H22F3N3O3.C15H16F3NO4.C6H8N2/c1-3-7-14-16(11-10-15-19(14)30-26-20(15)21(22,23)24)29-13-6-9-18(28)27(2)17-8-4-5-12-25-17;1-2-4-9-11(22-8-3-5-12(20)21)7-6-10-13(9)23-19-14(10)15(16,17)18;1-7-6-4-2-3-5-8-6/h4-5,8,10-12H,3,6-7,9,13H2,1-2H3;6-7H,2-5,8H2,1H3,(H,20,21);2-5H,1H3,(H,7,8). The van der Waals surface area contributed by atoms with Gasteiger partial charge in [-0.1, -0.05) is 49.1 Å². The number of hydrogen-bond donors (Lipinski definition) is 2. The number of carbonyl (C=O) groups is 2. The number of carbonyl (C=O) groups excluding carboxylic acids is 1. The molecule has 0 aliphatic heterocycles. The quantitative estimate of drug-likeness (QED) is 0.0700. The third-order valence-corrected chi connectivity index (χ3v) is 8.81. The number of amides is 1. The highest BCUT2D eigenvalue weighted by molar-refractivity contribution is 5.91. The monoisotopic (exact) mass is 860 g/mol. The second kappa shape index (κ2) is 22.3. The van der Waals surface area contributed by atoms with E-state index in [1.54, 1.807) is 37.6 Å². The molecular formula is C42H46F6N6O7. The molecule has 0 fully saturated rings. The fourth-order valence-corrected chi connectivity index (χ4v) is 5.90.